The summed E-state index contributed by atoms with van der Waals surface area (Å²) in [6, 6.07) is 14.5. The van der Waals surface area contributed by atoms with Crippen LogP contribution in [0.1, 0.15) is 45.1 Å². The predicted octanol–water partition coefficient (Wildman–Crippen LogP) is 5.47. The van der Waals surface area contributed by atoms with Gasteiger partial charge in [-0.05, 0) is 74.5 Å². The molecule has 1 heterocycles. The van der Waals surface area contributed by atoms with Crippen LogP contribution in [-0.4, -0.2) is 30.6 Å². The van der Waals surface area contributed by atoms with E-state index in [-0.39, 0.29) is 12.4 Å². The van der Waals surface area contributed by atoms with Gasteiger partial charge in [0.1, 0.15) is 5.75 Å². The molecule has 0 unspecified atom stereocenters. The third-order valence-corrected chi connectivity index (χ3v) is 5.42. The van der Waals surface area contributed by atoms with Crippen molar-refractivity contribution in [2.75, 3.05) is 13.7 Å². The molecule has 2 aromatic rings. The highest BCUT2D eigenvalue weighted by atomic mass is 35.5. The second-order valence-corrected chi connectivity index (χ2v) is 6.97. The summed E-state index contributed by atoms with van der Waals surface area (Å²) in [5.41, 5.74) is 1.46. The first-order valence-corrected chi connectivity index (χ1v) is 9.00. The van der Waals surface area contributed by atoms with Crippen molar-refractivity contribution in [3.05, 3.63) is 42.0 Å². The van der Waals surface area contributed by atoms with Gasteiger partial charge in [0.05, 0.1) is 7.11 Å². The number of likely N-dealkylation sites (tertiary alicyclic amines) is 1. The van der Waals surface area contributed by atoms with E-state index < -0.39 is 0 Å². The van der Waals surface area contributed by atoms with Gasteiger partial charge < -0.3 is 4.74 Å². The number of hydrogen-bond donors (Lipinski definition) is 0. The zero-order valence-corrected chi connectivity index (χ0v) is 15.9. The van der Waals surface area contributed by atoms with E-state index in [4.69, 9.17) is 4.74 Å². The molecule has 1 aliphatic heterocycles. The van der Waals surface area contributed by atoms with E-state index in [1.807, 2.05) is 0 Å². The molecule has 0 aliphatic carbocycles. The molecule has 24 heavy (non-hydrogen) atoms. The van der Waals surface area contributed by atoms with E-state index >= 15 is 0 Å². The molecular weight excluding hydrogens is 318 g/mol. The minimum absolute atomic E-state index is 0. The maximum Gasteiger partial charge on any atom is 0.119 e. The largest absolute Gasteiger partial charge is 0.497 e. The first-order chi connectivity index (χ1) is 11.2. The molecule has 132 valence electrons. The minimum atomic E-state index is 0. The molecule has 2 aromatic carbocycles. The molecule has 0 radical (unpaired) electrons. The Morgan fingerprint density at radius 3 is 2.54 bits per heavy atom. The molecule has 1 saturated heterocycles. The number of rotatable bonds is 5. The summed E-state index contributed by atoms with van der Waals surface area (Å²) in [5.74, 6) is 0.936. The highest BCUT2D eigenvalue weighted by Crippen LogP contribution is 2.26. The Kier molecular flexibility index (Phi) is 6.94. The van der Waals surface area contributed by atoms with E-state index in [1.54, 1.807) is 7.11 Å². The van der Waals surface area contributed by atoms with Crippen LogP contribution in [0.2, 0.25) is 0 Å². The highest BCUT2D eigenvalue weighted by molar-refractivity contribution is 5.87. The lowest BCUT2D eigenvalue weighted by atomic mass is 9.96. The molecule has 3 heteroatoms. The van der Waals surface area contributed by atoms with Crippen LogP contribution in [0.4, 0.5) is 0 Å². The van der Waals surface area contributed by atoms with Crippen molar-refractivity contribution in [1.82, 2.24) is 4.90 Å². The average molecular weight is 348 g/mol. The van der Waals surface area contributed by atoms with Crippen molar-refractivity contribution in [3.8, 4) is 5.75 Å². The van der Waals surface area contributed by atoms with Crippen molar-refractivity contribution < 1.29 is 4.74 Å². The fraction of sp³-hybridized carbons (Fsp3) is 0.524. The number of nitrogens with zero attached hydrogens (tertiary/aromatic N) is 1. The lowest BCUT2D eigenvalue weighted by Gasteiger charge is -2.39. The van der Waals surface area contributed by atoms with Gasteiger partial charge in [-0.2, -0.15) is 0 Å². The molecule has 1 aliphatic rings. The number of methoxy groups -OCH3 is 1. The first kappa shape index (κ1) is 19.1. The Bertz CT molecular complexity index is 647. The monoisotopic (exact) mass is 347 g/mol. The van der Waals surface area contributed by atoms with Crippen LogP contribution in [0.15, 0.2) is 36.4 Å². The van der Waals surface area contributed by atoms with Crippen LogP contribution in [-0.2, 0) is 6.42 Å². The standard InChI is InChI=1S/C21H29NO.ClH/c1-16-7-4-8-17(2)22(16)14-6-11-18-9-5-10-19-15-20(23-3)12-13-21(18)19;/h5,9-10,12-13,15-17H,4,6-8,11,14H2,1-3H3;1H/t16-,17+;. The van der Waals surface area contributed by atoms with Crippen LogP contribution < -0.4 is 4.74 Å². The molecule has 1 fully saturated rings. The summed E-state index contributed by atoms with van der Waals surface area (Å²) in [6.45, 7) is 5.99. The summed E-state index contributed by atoms with van der Waals surface area (Å²) in [6.07, 6.45) is 6.50. The number of fused-ring (bicyclic) bond motifs is 1. The Balaban J connectivity index is 0.00000208. The van der Waals surface area contributed by atoms with Gasteiger partial charge in [0.15, 0.2) is 0 Å². The van der Waals surface area contributed by atoms with Crippen LogP contribution in [0, 0.1) is 0 Å². The first-order valence-electron chi connectivity index (χ1n) is 9.00. The van der Waals surface area contributed by atoms with E-state index in [1.165, 1.54) is 48.6 Å². The Labute approximate surface area is 152 Å². The fourth-order valence-corrected chi connectivity index (χ4v) is 4.04. The average Bonchev–Trinajstić information content (AvgIpc) is 2.57. The van der Waals surface area contributed by atoms with Crippen LogP contribution in [0.25, 0.3) is 10.8 Å². The molecule has 0 bridgehead atoms. The van der Waals surface area contributed by atoms with Crippen LogP contribution >= 0.6 is 12.4 Å². The quantitative estimate of drug-likeness (QED) is 0.711. The lowest BCUT2D eigenvalue weighted by molar-refractivity contribution is 0.102. The summed E-state index contributed by atoms with van der Waals surface area (Å²) < 4.78 is 5.34. The number of ether oxygens (including phenoxy) is 1. The van der Waals surface area contributed by atoms with Gasteiger partial charge in [-0.25, -0.2) is 0 Å². The topological polar surface area (TPSA) is 12.5 Å². The van der Waals surface area contributed by atoms with Crippen molar-refractivity contribution >= 4 is 23.2 Å². The maximum atomic E-state index is 5.34. The van der Waals surface area contributed by atoms with Crippen molar-refractivity contribution in [3.63, 3.8) is 0 Å². The zero-order chi connectivity index (χ0) is 16.2. The number of hydrogen-bond acceptors (Lipinski definition) is 2. The number of halogens is 1. The normalized spacial score (nSPS) is 21.5. The SMILES string of the molecule is COc1ccc2c(CCCN3[C@H](C)CCC[C@@H]3C)cccc2c1.Cl. The van der Waals surface area contributed by atoms with Gasteiger partial charge in [0.2, 0.25) is 0 Å². The van der Waals surface area contributed by atoms with E-state index in [0.717, 1.165) is 24.3 Å². The lowest BCUT2D eigenvalue weighted by Crippen LogP contribution is -2.44. The van der Waals surface area contributed by atoms with Gasteiger partial charge in [-0.3, -0.25) is 4.90 Å². The fourth-order valence-electron chi connectivity index (χ4n) is 4.04. The summed E-state index contributed by atoms with van der Waals surface area (Å²) in [7, 11) is 1.73. The molecule has 0 saturated carbocycles. The van der Waals surface area contributed by atoms with Gasteiger partial charge >= 0.3 is 0 Å². The summed E-state index contributed by atoms with van der Waals surface area (Å²) in [5, 5.41) is 2.65. The molecule has 2 atom stereocenters. The minimum Gasteiger partial charge on any atom is -0.497 e. The predicted molar refractivity (Wildman–Crippen MR) is 106 cm³/mol. The van der Waals surface area contributed by atoms with E-state index in [9.17, 15) is 0 Å². The highest BCUT2D eigenvalue weighted by Gasteiger charge is 2.23. The van der Waals surface area contributed by atoms with E-state index in [2.05, 4.69) is 55.1 Å². The van der Waals surface area contributed by atoms with Crippen molar-refractivity contribution in [2.45, 2.75) is 58.0 Å². The van der Waals surface area contributed by atoms with Crippen molar-refractivity contribution in [2.24, 2.45) is 0 Å². The summed E-state index contributed by atoms with van der Waals surface area (Å²) in [4.78, 5) is 2.71. The van der Waals surface area contributed by atoms with Gasteiger partial charge in [-0.1, -0.05) is 30.7 Å². The molecule has 2 nitrogen and oxygen atoms in total. The van der Waals surface area contributed by atoms with Gasteiger partial charge in [0, 0.05) is 12.1 Å². The van der Waals surface area contributed by atoms with Crippen LogP contribution in [0.5, 0.6) is 5.75 Å². The number of piperidine rings is 1. The Morgan fingerprint density at radius 2 is 1.83 bits per heavy atom. The zero-order valence-electron chi connectivity index (χ0n) is 15.1. The third-order valence-electron chi connectivity index (χ3n) is 5.42. The summed E-state index contributed by atoms with van der Waals surface area (Å²) >= 11 is 0. The van der Waals surface area contributed by atoms with Crippen molar-refractivity contribution in [1.29, 1.82) is 0 Å². The Morgan fingerprint density at radius 1 is 1.08 bits per heavy atom. The van der Waals surface area contributed by atoms with Crippen LogP contribution in [0.3, 0.4) is 0 Å². The molecule has 0 spiro atoms. The number of aryl methyl sites for hydroxylation is 1. The second kappa shape index (κ2) is 8.73. The Hall–Kier alpha value is -1.25. The molecule has 0 N–H and O–H groups in total. The molecule has 3 rings (SSSR count). The smallest absolute Gasteiger partial charge is 0.119 e. The molecule has 0 amide bonds. The second-order valence-electron chi connectivity index (χ2n) is 6.97. The number of benzene rings is 2. The van der Waals surface area contributed by atoms with Gasteiger partial charge in [0.25, 0.3) is 0 Å². The van der Waals surface area contributed by atoms with Gasteiger partial charge in [-0.15, -0.1) is 12.4 Å². The molecular formula is C21H30ClNO. The van der Waals surface area contributed by atoms with E-state index in [0.29, 0.717) is 0 Å². The maximum absolute atomic E-state index is 5.34. The third kappa shape index (κ3) is 4.23. The molecule has 0 aromatic heterocycles.